The van der Waals surface area contributed by atoms with Crippen LogP contribution in [0.3, 0.4) is 0 Å². The second-order valence-corrected chi connectivity index (χ2v) is 8.12. The van der Waals surface area contributed by atoms with Crippen molar-refractivity contribution in [2.75, 3.05) is 31.6 Å². The summed E-state index contributed by atoms with van der Waals surface area (Å²) < 4.78 is 14.0. The van der Waals surface area contributed by atoms with Gasteiger partial charge in [0.25, 0.3) is 0 Å². The molecule has 2 aliphatic heterocycles. The number of nitrogens with zero attached hydrogens (tertiary/aromatic N) is 3. The van der Waals surface area contributed by atoms with Crippen molar-refractivity contribution in [3.8, 4) is 11.5 Å². The third-order valence-corrected chi connectivity index (χ3v) is 5.90. The van der Waals surface area contributed by atoms with Gasteiger partial charge in [-0.2, -0.15) is 5.10 Å². The van der Waals surface area contributed by atoms with E-state index in [2.05, 4.69) is 26.5 Å². The van der Waals surface area contributed by atoms with E-state index < -0.39 is 0 Å². The first kappa shape index (κ1) is 17.9. The molecule has 3 fully saturated rings. The lowest BCUT2D eigenvalue weighted by atomic mass is 9.96. The van der Waals surface area contributed by atoms with Crippen molar-refractivity contribution >= 4 is 5.82 Å². The zero-order valence-electron chi connectivity index (χ0n) is 16.3. The number of pyridine rings is 1. The first-order valence-electron chi connectivity index (χ1n) is 10.6. The molecule has 1 aliphatic carbocycles. The summed E-state index contributed by atoms with van der Waals surface area (Å²) >= 11 is 0. The molecule has 2 N–H and O–H groups in total. The van der Waals surface area contributed by atoms with Crippen molar-refractivity contribution in [1.82, 2.24) is 20.1 Å². The number of nitrogens with one attached hydrogen (secondary N) is 2. The standard InChI is InChI=1S/C21H29N5O2/c1-2-17(1)26-14-19(21(25-26)15-6-11-27-12-7-15)28-18-5-10-23-20(13-18)24-16-3-8-22-9-4-16/h5,10,13-17,22H,1-4,6-9,11-12H2,(H,23,24). The van der Waals surface area contributed by atoms with E-state index in [-0.39, 0.29) is 0 Å². The molecule has 0 radical (unpaired) electrons. The van der Waals surface area contributed by atoms with Crippen LogP contribution < -0.4 is 15.4 Å². The Balaban J connectivity index is 1.34. The molecular formula is C21H29N5O2. The fraction of sp³-hybridized carbons (Fsp3) is 0.619. The van der Waals surface area contributed by atoms with Gasteiger partial charge >= 0.3 is 0 Å². The lowest BCUT2D eigenvalue weighted by Crippen LogP contribution is -2.35. The van der Waals surface area contributed by atoms with Crippen molar-refractivity contribution < 1.29 is 9.47 Å². The van der Waals surface area contributed by atoms with E-state index in [4.69, 9.17) is 14.6 Å². The summed E-state index contributed by atoms with van der Waals surface area (Å²) in [6, 6.07) is 4.95. The summed E-state index contributed by atoms with van der Waals surface area (Å²) in [5.74, 6) is 3.00. The minimum atomic E-state index is 0.415. The normalized spacial score (nSPS) is 21.6. The van der Waals surface area contributed by atoms with E-state index in [0.717, 1.165) is 75.0 Å². The maximum atomic E-state index is 6.33. The van der Waals surface area contributed by atoms with Crippen LogP contribution in [-0.4, -0.2) is 47.1 Å². The van der Waals surface area contributed by atoms with E-state index in [1.807, 2.05) is 18.3 Å². The van der Waals surface area contributed by atoms with Crippen LogP contribution in [0.1, 0.15) is 56.2 Å². The Labute approximate surface area is 165 Å². The Bertz CT molecular complexity index is 792. The van der Waals surface area contributed by atoms with Gasteiger partial charge in [-0.25, -0.2) is 4.98 Å². The molecule has 4 heterocycles. The van der Waals surface area contributed by atoms with Gasteiger partial charge in [0.1, 0.15) is 17.3 Å². The van der Waals surface area contributed by atoms with Gasteiger partial charge in [-0.05, 0) is 57.7 Å². The molecular weight excluding hydrogens is 354 g/mol. The minimum absolute atomic E-state index is 0.415. The molecule has 28 heavy (non-hydrogen) atoms. The van der Waals surface area contributed by atoms with Gasteiger partial charge < -0.3 is 20.1 Å². The SMILES string of the molecule is c1cc(Oc2cn(C3CC3)nc2C2CCOCC2)cc(NC2CCNCC2)n1. The average Bonchev–Trinajstić information content (AvgIpc) is 3.51. The van der Waals surface area contributed by atoms with Crippen LogP contribution in [0, 0.1) is 0 Å². The van der Waals surface area contributed by atoms with Crippen molar-refractivity contribution in [2.24, 2.45) is 0 Å². The smallest absolute Gasteiger partial charge is 0.168 e. The van der Waals surface area contributed by atoms with Gasteiger partial charge in [-0.15, -0.1) is 0 Å². The molecule has 2 aromatic heterocycles. The number of anilines is 1. The second kappa shape index (κ2) is 8.09. The molecule has 3 aliphatic rings. The van der Waals surface area contributed by atoms with Crippen molar-refractivity contribution in [3.63, 3.8) is 0 Å². The zero-order valence-corrected chi connectivity index (χ0v) is 16.3. The fourth-order valence-corrected chi connectivity index (χ4v) is 4.10. The summed E-state index contributed by atoms with van der Waals surface area (Å²) in [6.45, 7) is 3.73. The highest BCUT2D eigenvalue weighted by Gasteiger charge is 2.29. The first-order valence-corrected chi connectivity index (χ1v) is 10.6. The molecule has 2 aromatic rings. The van der Waals surface area contributed by atoms with Gasteiger partial charge in [0.05, 0.1) is 12.2 Å². The molecule has 0 bridgehead atoms. The number of ether oxygens (including phenoxy) is 2. The third kappa shape index (κ3) is 4.15. The van der Waals surface area contributed by atoms with Crippen LogP contribution in [-0.2, 0) is 4.74 Å². The maximum absolute atomic E-state index is 6.33. The average molecular weight is 383 g/mol. The number of piperidine rings is 1. The Kier molecular flexibility index (Phi) is 5.18. The number of rotatable bonds is 6. The van der Waals surface area contributed by atoms with Gasteiger partial charge in [-0.1, -0.05) is 0 Å². The molecule has 0 unspecified atom stereocenters. The fourth-order valence-electron chi connectivity index (χ4n) is 4.10. The van der Waals surface area contributed by atoms with Crippen LogP contribution in [0.25, 0.3) is 0 Å². The van der Waals surface area contributed by atoms with E-state index in [0.29, 0.717) is 18.0 Å². The molecule has 150 valence electrons. The predicted octanol–water partition coefficient (Wildman–Crippen LogP) is 3.46. The van der Waals surface area contributed by atoms with E-state index in [1.54, 1.807) is 0 Å². The molecule has 2 saturated heterocycles. The van der Waals surface area contributed by atoms with Gasteiger partial charge in [0, 0.05) is 37.4 Å². The molecule has 5 rings (SSSR count). The van der Waals surface area contributed by atoms with Crippen molar-refractivity contribution in [3.05, 3.63) is 30.2 Å². The molecule has 7 nitrogen and oxygen atoms in total. The largest absolute Gasteiger partial charge is 0.454 e. The Morgan fingerprint density at radius 3 is 2.71 bits per heavy atom. The van der Waals surface area contributed by atoms with Gasteiger partial charge in [-0.3, -0.25) is 4.68 Å². The monoisotopic (exact) mass is 383 g/mol. The highest BCUT2D eigenvalue weighted by atomic mass is 16.5. The topological polar surface area (TPSA) is 73.2 Å². The van der Waals surface area contributed by atoms with Gasteiger partial charge in [0.15, 0.2) is 5.75 Å². The number of aromatic nitrogens is 3. The maximum Gasteiger partial charge on any atom is 0.168 e. The number of hydrogen-bond acceptors (Lipinski definition) is 6. The summed E-state index contributed by atoms with van der Waals surface area (Å²) in [5.41, 5.74) is 1.08. The summed E-state index contributed by atoms with van der Waals surface area (Å²) in [4.78, 5) is 4.48. The Hall–Kier alpha value is -2.12. The predicted molar refractivity (Wildman–Crippen MR) is 107 cm³/mol. The van der Waals surface area contributed by atoms with E-state index in [1.165, 1.54) is 12.8 Å². The quantitative estimate of drug-likeness (QED) is 0.796. The number of hydrogen-bond donors (Lipinski definition) is 2. The van der Waals surface area contributed by atoms with Crippen LogP contribution in [0.15, 0.2) is 24.5 Å². The minimum Gasteiger partial charge on any atom is -0.454 e. The zero-order chi connectivity index (χ0) is 18.8. The summed E-state index contributed by atoms with van der Waals surface area (Å²) in [5, 5.41) is 11.9. The highest BCUT2D eigenvalue weighted by molar-refractivity contribution is 5.44. The molecule has 0 spiro atoms. The molecule has 1 saturated carbocycles. The first-order chi connectivity index (χ1) is 13.8. The molecule has 0 aromatic carbocycles. The molecule has 0 atom stereocenters. The van der Waals surface area contributed by atoms with E-state index in [9.17, 15) is 0 Å². The highest BCUT2D eigenvalue weighted by Crippen LogP contribution is 2.40. The van der Waals surface area contributed by atoms with Crippen LogP contribution in [0.5, 0.6) is 11.5 Å². The van der Waals surface area contributed by atoms with E-state index >= 15 is 0 Å². The summed E-state index contributed by atoms with van der Waals surface area (Å²) in [7, 11) is 0. The third-order valence-electron chi connectivity index (χ3n) is 5.90. The molecule has 0 amide bonds. The Morgan fingerprint density at radius 1 is 1.11 bits per heavy atom. The van der Waals surface area contributed by atoms with Gasteiger partial charge in [0.2, 0.25) is 0 Å². The van der Waals surface area contributed by atoms with Crippen molar-refractivity contribution in [2.45, 2.75) is 56.5 Å². The lowest BCUT2D eigenvalue weighted by Gasteiger charge is -2.24. The molecule has 7 heteroatoms. The van der Waals surface area contributed by atoms with Crippen LogP contribution in [0.4, 0.5) is 5.82 Å². The Morgan fingerprint density at radius 2 is 1.93 bits per heavy atom. The van der Waals surface area contributed by atoms with Crippen molar-refractivity contribution in [1.29, 1.82) is 0 Å². The lowest BCUT2D eigenvalue weighted by molar-refractivity contribution is 0.0839. The second-order valence-electron chi connectivity index (χ2n) is 8.12. The van der Waals surface area contributed by atoms with Crippen LogP contribution in [0.2, 0.25) is 0 Å². The summed E-state index contributed by atoms with van der Waals surface area (Å²) in [6.07, 6.45) is 10.6. The van der Waals surface area contributed by atoms with Crippen LogP contribution >= 0.6 is 0 Å².